The van der Waals surface area contributed by atoms with E-state index in [1.165, 1.54) is 55.7 Å². The number of rotatable bonds is 8. The number of hydrogen-bond acceptors (Lipinski definition) is 1. The predicted octanol–water partition coefficient (Wildman–Crippen LogP) is 10.0. The maximum atomic E-state index is 6.57. The van der Waals surface area contributed by atoms with Crippen LogP contribution in [0.25, 0.3) is 12.2 Å². The number of para-hydroxylation sites is 2. The van der Waals surface area contributed by atoms with Crippen LogP contribution in [0.1, 0.15) is 58.4 Å². The Kier molecular flexibility index (Phi) is 8.46. The first-order valence-corrected chi connectivity index (χ1v) is 13.1. The van der Waals surface area contributed by atoms with Crippen LogP contribution in [0.15, 0.2) is 96.1 Å². The lowest BCUT2D eigenvalue weighted by Crippen LogP contribution is -1.97. The third kappa shape index (κ3) is 6.68. The number of hydrogen-bond donors (Lipinski definition) is 0. The minimum absolute atomic E-state index is 0.845. The van der Waals surface area contributed by atoms with Crippen molar-refractivity contribution >= 4 is 12.2 Å². The van der Waals surface area contributed by atoms with Gasteiger partial charge in [0, 0.05) is 0 Å². The average molecular weight is 487 g/mol. The van der Waals surface area contributed by atoms with Gasteiger partial charge in [-0.15, -0.1) is 0 Å². The van der Waals surface area contributed by atoms with Crippen molar-refractivity contribution in [2.24, 2.45) is 0 Å². The molecule has 0 bridgehead atoms. The summed E-state index contributed by atoms with van der Waals surface area (Å²) in [6.45, 7) is 13.1. The topological polar surface area (TPSA) is 9.23 Å². The van der Waals surface area contributed by atoms with Crippen molar-refractivity contribution in [1.82, 2.24) is 0 Å². The Hall–Kier alpha value is -3.84. The third-order valence-corrected chi connectivity index (χ3v) is 7.20. The lowest BCUT2D eigenvalue weighted by molar-refractivity contribution is 0.472. The van der Waals surface area contributed by atoms with Gasteiger partial charge in [0.25, 0.3) is 0 Å². The van der Waals surface area contributed by atoms with E-state index in [4.69, 9.17) is 4.74 Å². The molecule has 188 valence electrons. The van der Waals surface area contributed by atoms with E-state index in [-0.39, 0.29) is 0 Å². The highest BCUT2D eigenvalue weighted by atomic mass is 16.5. The number of allylic oxidation sites excluding steroid dienone is 2. The van der Waals surface area contributed by atoms with Gasteiger partial charge in [-0.1, -0.05) is 96.1 Å². The summed E-state index contributed by atoms with van der Waals surface area (Å²) in [5.74, 6) is 1.83. The van der Waals surface area contributed by atoms with Crippen molar-refractivity contribution in [2.45, 2.75) is 54.4 Å². The highest BCUT2D eigenvalue weighted by Gasteiger charge is 2.10. The van der Waals surface area contributed by atoms with E-state index in [0.29, 0.717) is 0 Å². The van der Waals surface area contributed by atoms with E-state index < -0.39 is 0 Å². The smallest absolute Gasteiger partial charge is 0.130 e. The van der Waals surface area contributed by atoms with Crippen LogP contribution in [0.2, 0.25) is 0 Å². The molecule has 0 amide bonds. The Morgan fingerprint density at radius 2 is 0.946 bits per heavy atom. The van der Waals surface area contributed by atoms with Crippen LogP contribution in [0.3, 0.4) is 0 Å². The fourth-order valence-electron chi connectivity index (χ4n) is 4.71. The normalized spacial score (nSPS) is 12.1. The first kappa shape index (κ1) is 26.2. The molecule has 0 unspecified atom stereocenters. The highest BCUT2D eigenvalue weighted by molar-refractivity contribution is 5.60. The van der Waals surface area contributed by atoms with E-state index in [2.05, 4.69) is 139 Å². The second-order valence-corrected chi connectivity index (χ2v) is 10.2. The van der Waals surface area contributed by atoms with Crippen LogP contribution >= 0.6 is 0 Å². The van der Waals surface area contributed by atoms with Gasteiger partial charge in [-0.3, -0.25) is 0 Å². The van der Waals surface area contributed by atoms with E-state index in [9.17, 15) is 0 Å². The number of aryl methyl sites for hydroxylation is 2. The summed E-state index contributed by atoms with van der Waals surface area (Å²) in [6.07, 6.45) is 6.29. The van der Waals surface area contributed by atoms with Crippen molar-refractivity contribution in [3.8, 4) is 11.5 Å². The highest BCUT2D eigenvalue weighted by Crippen LogP contribution is 2.31. The van der Waals surface area contributed by atoms with Crippen LogP contribution in [0.4, 0.5) is 0 Å². The summed E-state index contributed by atoms with van der Waals surface area (Å²) in [5.41, 5.74) is 12.9. The van der Waals surface area contributed by atoms with Gasteiger partial charge < -0.3 is 4.74 Å². The second-order valence-electron chi connectivity index (χ2n) is 10.2. The number of ether oxygens (including phenoxy) is 1. The molecule has 0 aliphatic heterocycles. The monoisotopic (exact) mass is 486 g/mol. The molecule has 4 aromatic rings. The predicted molar refractivity (Wildman–Crippen MR) is 159 cm³/mol. The zero-order valence-corrected chi connectivity index (χ0v) is 23.1. The molecule has 0 spiro atoms. The molecule has 0 heterocycles. The van der Waals surface area contributed by atoms with Gasteiger partial charge in [-0.2, -0.15) is 0 Å². The van der Waals surface area contributed by atoms with Gasteiger partial charge in [-0.25, -0.2) is 0 Å². The van der Waals surface area contributed by atoms with E-state index in [1.807, 2.05) is 0 Å². The van der Waals surface area contributed by atoms with Crippen LogP contribution in [-0.2, 0) is 12.8 Å². The zero-order chi connectivity index (χ0) is 26.4. The molecule has 0 aliphatic rings. The van der Waals surface area contributed by atoms with Gasteiger partial charge >= 0.3 is 0 Å². The third-order valence-electron chi connectivity index (χ3n) is 7.20. The zero-order valence-electron chi connectivity index (χ0n) is 23.1. The van der Waals surface area contributed by atoms with Crippen LogP contribution in [0, 0.1) is 27.7 Å². The fraction of sp³-hybridized carbons (Fsp3) is 0.222. The summed E-state index contributed by atoms with van der Waals surface area (Å²) in [4.78, 5) is 0. The molecule has 0 fully saturated rings. The van der Waals surface area contributed by atoms with Crippen molar-refractivity contribution in [3.05, 3.63) is 141 Å². The summed E-state index contributed by atoms with van der Waals surface area (Å²) in [7, 11) is 0. The standard InChI is InChI=1S/C36H38O/c1-25(21-31-17-11-13-27(3)29(31)5)23-33-15-7-9-19-35(33)37-36-20-10-8-16-34(36)24-26(2)22-32-18-12-14-28(4)30(32)6/h7-22H,23-24H2,1-6H3. The molecule has 4 rings (SSSR count). The lowest BCUT2D eigenvalue weighted by Gasteiger charge is -2.15. The fourth-order valence-corrected chi connectivity index (χ4v) is 4.71. The van der Waals surface area contributed by atoms with Gasteiger partial charge in [0.2, 0.25) is 0 Å². The summed E-state index contributed by atoms with van der Waals surface area (Å²) in [5, 5.41) is 0. The molecule has 4 aromatic carbocycles. The molecular weight excluding hydrogens is 448 g/mol. The van der Waals surface area contributed by atoms with E-state index >= 15 is 0 Å². The molecular formula is C36H38O. The van der Waals surface area contributed by atoms with Gasteiger partial charge in [0.1, 0.15) is 11.5 Å². The minimum Gasteiger partial charge on any atom is -0.457 e. The molecule has 0 radical (unpaired) electrons. The largest absolute Gasteiger partial charge is 0.457 e. The lowest BCUT2D eigenvalue weighted by atomic mass is 9.98. The summed E-state index contributed by atoms with van der Waals surface area (Å²) >= 11 is 0. The Balaban J connectivity index is 1.56. The van der Waals surface area contributed by atoms with Gasteiger partial charge in [-0.05, 0) is 111 Å². The van der Waals surface area contributed by atoms with Crippen molar-refractivity contribution < 1.29 is 4.74 Å². The minimum atomic E-state index is 0.845. The average Bonchev–Trinajstić information content (AvgIpc) is 2.87. The molecule has 1 nitrogen and oxygen atoms in total. The van der Waals surface area contributed by atoms with E-state index in [0.717, 1.165) is 24.3 Å². The first-order valence-electron chi connectivity index (χ1n) is 13.1. The molecule has 0 atom stereocenters. The van der Waals surface area contributed by atoms with Gasteiger partial charge in [0.15, 0.2) is 0 Å². The molecule has 1 heteroatoms. The molecule has 0 aromatic heterocycles. The molecule has 0 saturated carbocycles. The van der Waals surface area contributed by atoms with E-state index in [1.54, 1.807) is 0 Å². The van der Waals surface area contributed by atoms with Gasteiger partial charge in [0.05, 0.1) is 0 Å². The summed E-state index contributed by atoms with van der Waals surface area (Å²) in [6, 6.07) is 29.8. The molecule has 0 saturated heterocycles. The Bertz CT molecular complexity index is 1340. The van der Waals surface area contributed by atoms with Crippen molar-refractivity contribution in [1.29, 1.82) is 0 Å². The Labute approximate surface area is 223 Å². The molecule has 0 N–H and O–H groups in total. The second kappa shape index (κ2) is 11.9. The van der Waals surface area contributed by atoms with Crippen molar-refractivity contribution in [3.63, 3.8) is 0 Å². The maximum Gasteiger partial charge on any atom is 0.130 e. The van der Waals surface area contributed by atoms with Crippen LogP contribution < -0.4 is 4.74 Å². The van der Waals surface area contributed by atoms with Crippen LogP contribution in [-0.4, -0.2) is 0 Å². The maximum absolute atomic E-state index is 6.57. The Morgan fingerprint density at radius 3 is 1.38 bits per heavy atom. The van der Waals surface area contributed by atoms with Crippen molar-refractivity contribution in [2.75, 3.05) is 0 Å². The Morgan fingerprint density at radius 1 is 0.541 bits per heavy atom. The van der Waals surface area contributed by atoms with Crippen LogP contribution in [0.5, 0.6) is 11.5 Å². The first-order chi connectivity index (χ1) is 17.8. The molecule has 0 aliphatic carbocycles. The quantitative estimate of drug-likeness (QED) is 0.241. The molecule has 37 heavy (non-hydrogen) atoms. The summed E-state index contributed by atoms with van der Waals surface area (Å²) < 4.78 is 6.57. The number of benzene rings is 4. The SMILES string of the molecule is CC(=Cc1cccc(C)c1C)Cc1ccccc1Oc1ccccc1CC(C)=Cc1cccc(C)c1C.